The molecule has 4 bridgehead atoms. The van der Waals surface area contributed by atoms with Gasteiger partial charge in [0, 0.05) is 35.5 Å². The van der Waals surface area contributed by atoms with Crippen LogP contribution >= 0.6 is 0 Å². The minimum atomic E-state index is -3.65. The van der Waals surface area contributed by atoms with E-state index in [0.29, 0.717) is 48.0 Å². The molecule has 2 aromatic heterocycles. The second-order valence-corrected chi connectivity index (χ2v) is 17.8. The number of H-pyrrole nitrogens is 1. The number of benzene rings is 3. The third-order valence-electron chi connectivity index (χ3n) is 9.70. The predicted octanol–water partition coefficient (Wildman–Crippen LogP) is 6.90. The Morgan fingerprint density at radius 3 is 2.60 bits per heavy atom. The van der Waals surface area contributed by atoms with Gasteiger partial charge in [0.15, 0.2) is 21.5 Å². The number of hydrogen-bond donors (Lipinski definition) is 2. The van der Waals surface area contributed by atoms with E-state index in [9.17, 15) is 22.5 Å². The van der Waals surface area contributed by atoms with Crippen molar-refractivity contribution in [1.82, 2.24) is 19.7 Å². The van der Waals surface area contributed by atoms with Crippen LogP contribution in [0.15, 0.2) is 70.6 Å². The van der Waals surface area contributed by atoms with Crippen LogP contribution in [0.2, 0.25) is 0 Å². The molecule has 3 heterocycles. The van der Waals surface area contributed by atoms with Crippen molar-refractivity contribution < 1.29 is 31.3 Å². The highest BCUT2D eigenvalue weighted by molar-refractivity contribution is 7.91. The smallest absolute Gasteiger partial charge is 0.303 e. The van der Waals surface area contributed by atoms with Crippen molar-refractivity contribution in [2.75, 3.05) is 11.5 Å². The summed E-state index contributed by atoms with van der Waals surface area (Å²) < 4.78 is 74.4. The Kier molecular flexibility index (Phi) is 9.59. The molecule has 1 aliphatic rings. The van der Waals surface area contributed by atoms with Crippen LogP contribution in [0.4, 0.5) is 8.78 Å². The van der Waals surface area contributed by atoms with E-state index in [-0.39, 0.29) is 45.5 Å². The number of halogens is 2. The molecule has 0 amide bonds. The molecule has 0 saturated heterocycles. The average Bonchev–Trinajstić information content (AvgIpc) is 3.68. The maximum atomic E-state index is 15.8. The fourth-order valence-corrected chi connectivity index (χ4v) is 10.4. The lowest BCUT2D eigenvalue weighted by Gasteiger charge is -2.30. The molecule has 1 unspecified atom stereocenters. The topological polar surface area (TPSA) is 135 Å². The van der Waals surface area contributed by atoms with Crippen LogP contribution in [0.5, 0.6) is 0 Å². The third-order valence-corrected chi connectivity index (χ3v) is 13.2. The zero-order valence-electron chi connectivity index (χ0n) is 28.4. The summed E-state index contributed by atoms with van der Waals surface area (Å²) >= 11 is 0. The zero-order chi connectivity index (χ0) is 36.0. The molecule has 2 N–H and O–H groups in total. The van der Waals surface area contributed by atoms with Crippen LogP contribution in [-0.4, -0.2) is 55.0 Å². The lowest BCUT2D eigenvalue weighted by atomic mass is 9.75. The van der Waals surface area contributed by atoms with Crippen molar-refractivity contribution in [2.45, 2.75) is 74.5 Å². The van der Waals surface area contributed by atoms with Crippen LogP contribution in [0.1, 0.15) is 69.0 Å². The van der Waals surface area contributed by atoms with Gasteiger partial charge in [-0.2, -0.15) is 5.10 Å². The summed E-state index contributed by atoms with van der Waals surface area (Å²) in [6, 6.07) is 14.4. The van der Waals surface area contributed by atoms with Gasteiger partial charge in [-0.3, -0.25) is 4.79 Å². The first kappa shape index (κ1) is 35.6. The highest BCUT2D eigenvalue weighted by Gasteiger charge is 2.36. The minimum absolute atomic E-state index is 0.0315. The molecule has 6 rings (SSSR count). The molecule has 2 atom stereocenters. The molecule has 50 heavy (non-hydrogen) atoms. The molecule has 0 saturated carbocycles. The molecule has 9 nitrogen and oxygen atoms in total. The summed E-state index contributed by atoms with van der Waals surface area (Å²) in [5, 5.41) is 14.6. The Morgan fingerprint density at radius 1 is 1.06 bits per heavy atom. The second kappa shape index (κ2) is 13.5. The maximum Gasteiger partial charge on any atom is 0.303 e. The van der Waals surface area contributed by atoms with E-state index in [4.69, 9.17) is 10.1 Å². The molecule has 3 aromatic carbocycles. The van der Waals surface area contributed by atoms with Gasteiger partial charge < -0.3 is 10.1 Å². The number of aromatic nitrogens is 4. The summed E-state index contributed by atoms with van der Waals surface area (Å²) in [5.74, 6) is -2.06. The highest BCUT2D eigenvalue weighted by Crippen LogP contribution is 2.40. The van der Waals surface area contributed by atoms with E-state index in [0.717, 1.165) is 11.1 Å². The van der Waals surface area contributed by atoms with E-state index in [2.05, 4.69) is 4.98 Å². The minimum Gasteiger partial charge on any atom is -0.481 e. The number of aliphatic carboxylic acids is 1. The van der Waals surface area contributed by atoms with E-state index >= 15 is 8.78 Å². The van der Waals surface area contributed by atoms with Crippen molar-refractivity contribution in [3.8, 4) is 11.4 Å². The number of nitrogens with one attached hydrogen (secondary N) is 1. The molecule has 13 heteroatoms. The van der Waals surface area contributed by atoms with Crippen LogP contribution in [-0.2, 0) is 50.7 Å². The zero-order valence-corrected chi connectivity index (χ0v) is 30.1. The van der Waals surface area contributed by atoms with E-state index in [1.807, 2.05) is 45.0 Å². The molecule has 0 fully saturated rings. The molecule has 5 aromatic rings. The number of carboxylic acid groups (broad SMARTS) is 1. The quantitative estimate of drug-likeness (QED) is 0.206. The Hall–Kier alpha value is -4.23. The van der Waals surface area contributed by atoms with Crippen molar-refractivity contribution >= 4 is 37.5 Å². The maximum absolute atomic E-state index is 15.8. The number of carboxylic acids is 1. The first-order chi connectivity index (χ1) is 23.6. The van der Waals surface area contributed by atoms with E-state index in [1.165, 1.54) is 28.9 Å². The Bertz CT molecular complexity index is 2250. The SMILES string of the molecule is Cn1nc2nc1-c1cc(ccc1F)S(=O)c1c(F)cc3[nH]ccc3c1CCS(=O)(=O)CC(C)(C)CCC[C@]2(C)c1cccc(CCC(=O)O)c1. The molecule has 0 spiro atoms. The van der Waals surface area contributed by atoms with Gasteiger partial charge in [0.2, 0.25) is 0 Å². The Morgan fingerprint density at radius 2 is 1.84 bits per heavy atom. The third kappa shape index (κ3) is 7.16. The van der Waals surface area contributed by atoms with Gasteiger partial charge >= 0.3 is 5.97 Å². The normalized spacial score (nSPS) is 20.9. The van der Waals surface area contributed by atoms with Crippen molar-refractivity contribution in [3.05, 3.63) is 94.9 Å². The number of rotatable bonds is 4. The molecule has 1 aliphatic heterocycles. The van der Waals surface area contributed by atoms with Gasteiger partial charge in [0.05, 0.1) is 38.2 Å². The standard InChI is InChI=1S/C37H40F2N4O5S2/c1-36(2)15-6-16-37(3,24-8-5-7-23(19-24)9-12-32(44)45)35-41-34(43(4)42-35)28-20-25(10-11-29(28)38)49(46)33-27(14-18-50(47,48)22-36)26-13-17-40-31(26)21-30(33)39/h5,7-8,10-11,13,17,19-21,40H,6,9,12,14-16,18,22H2,1-4H3,(H,44,45)/t37-,49?/m1/s1. The van der Waals surface area contributed by atoms with Crippen molar-refractivity contribution in [3.63, 3.8) is 0 Å². The van der Waals surface area contributed by atoms with Gasteiger partial charge in [0.1, 0.15) is 11.6 Å². The van der Waals surface area contributed by atoms with Crippen molar-refractivity contribution in [2.24, 2.45) is 12.5 Å². The second-order valence-electron chi connectivity index (χ2n) is 14.2. The molecular weight excluding hydrogens is 683 g/mol. The number of fused-ring (bicyclic) bond motifs is 8. The van der Waals surface area contributed by atoms with Gasteiger partial charge in [-0.1, -0.05) is 44.5 Å². The lowest BCUT2D eigenvalue weighted by Crippen LogP contribution is -2.29. The molecular formula is C37H40F2N4O5S2. The number of aromatic amines is 1. The highest BCUT2D eigenvalue weighted by atomic mass is 32.2. The monoisotopic (exact) mass is 722 g/mol. The molecule has 264 valence electrons. The number of hydrogen-bond acceptors (Lipinski definition) is 6. The predicted molar refractivity (Wildman–Crippen MR) is 188 cm³/mol. The lowest BCUT2D eigenvalue weighted by molar-refractivity contribution is -0.136. The number of sulfone groups is 1. The largest absolute Gasteiger partial charge is 0.481 e. The first-order valence-corrected chi connectivity index (χ1v) is 19.5. The van der Waals surface area contributed by atoms with Crippen LogP contribution < -0.4 is 0 Å². The van der Waals surface area contributed by atoms with Crippen LogP contribution in [0.25, 0.3) is 22.3 Å². The van der Waals surface area contributed by atoms with E-state index < -0.39 is 49.1 Å². The van der Waals surface area contributed by atoms with Crippen molar-refractivity contribution in [1.29, 1.82) is 0 Å². The summed E-state index contributed by atoms with van der Waals surface area (Å²) in [6.07, 6.45) is 3.55. The van der Waals surface area contributed by atoms with Gasteiger partial charge in [-0.25, -0.2) is 31.1 Å². The summed E-state index contributed by atoms with van der Waals surface area (Å²) in [5.41, 5.74) is 1.06. The fourth-order valence-electron chi connectivity index (χ4n) is 7.06. The van der Waals surface area contributed by atoms with Gasteiger partial charge in [-0.15, -0.1) is 0 Å². The number of aryl methyl sites for hydroxylation is 3. The van der Waals surface area contributed by atoms with Gasteiger partial charge in [-0.05, 0) is 85.0 Å². The summed E-state index contributed by atoms with van der Waals surface area (Å²) in [4.78, 5) is 19.1. The fraction of sp³-hybridized carbons (Fsp3) is 0.378. The summed E-state index contributed by atoms with van der Waals surface area (Å²) in [7, 11) is -4.15. The van der Waals surface area contributed by atoms with Gasteiger partial charge in [0.25, 0.3) is 0 Å². The Labute approximate surface area is 292 Å². The van der Waals surface area contributed by atoms with E-state index in [1.54, 1.807) is 19.3 Å². The molecule has 0 aliphatic carbocycles. The average molecular weight is 723 g/mol. The number of nitrogens with zero attached hydrogens (tertiary/aromatic N) is 3. The summed E-state index contributed by atoms with van der Waals surface area (Å²) in [6.45, 7) is 5.80. The van der Waals surface area contributed by atoms with Crippen LogP contribution in [0, 0.1) is 17.0 Å². The Balaban J connectivity index is 1.53. The number of carbonyl (C=O) groups is 1. The van der Waals surface area contributed by atoms with Crippen LogP contribution in [0.3, 0.4) is 0 Å². The first-order valence-electron chi connectivity index (χ1n) is 16.5. The molecule has 0 radical (unpaired) electrons.